The van der Waals surface area contributed by atoms with Crippen LogP contribution in [0.25, 0.3) is 0 Å². The number of ether oxygens (including phenoxy) is 1. The van der Waals surface area contributed by atoms with E-state index < -0.39 is 30.2 Å². The van der Waals surface area contributed by atoms with Gasteiger partial charge in [0.2, 0.25) is 11.8 Å². The lowest BCUT2D eigenvalue weighted by Gasteiger charge is -2.28. The monoisotopic (exact) mass is 366 g/mol. The van der Waals surface area contributed by atoms with E-state index in [1.54, 1.807) is 12.4 Å². The Morgan fingerprint density at radius 1 is 1.52 bits per heavy atom. The Balaban J connectivity index is 1.72. The van der Waals surface area contributed by atoms with Gasteiger partial charge in [-0.05, 0) is 26.7 Å². The zero-order chi connectivity index (χ0) is 18.0. The van der Waals surface area contributed by atoms with Crippen molar-refractivity contribution in [1.29, 1.82) is 0 Å². The maximum absolute atomic E-state index is 12.9. The summed E-state index contributed by atoms with van der Waals surface area (Å²) in [6.07, 6.45) is 1.06. The molecule has 0 bridgehead atoms. The molecule has 2 saturated heterocycles. The molecule has 1 aromatic heterocycles. The molecule has 8 nitrogen and oxygen atoms in total. The summed E-state index contributed by atoms with van der Waals surface area (Å²) in [5.41, 5.74) is 2.46. The quantitative estimate of drug-likeness (QED) is 0.798. The zero-order valence-corrected chi connectivity index (χ0v) is 15.0. The highest BCUT2D eigenvalue weighted by Crippen LogP contribution is 2.19. The van der Waals surface area contributed by atoms with Crippen molar-refractivity contribution in [2.45, 2.75) is 57.3 Å². The fourth-order valence-corrected chi connectivity index (χ4v) is 3.84. The first-order valence-electron chi connectivity index (χ1n) is 8.40. The van der Waals surface area contributed by atoms with E-state index in [1.165, 1.54) is 11.3 Å². The Kier molecular flexibility index (Phi) is 5.22. The van der Waals surface area contributed by atoms with Crippen LogP contribution >= 0.6 is 11.3 Å². The maximum Gasteiger partial charge on any atom is 0.408 e. The maximum atomic E-state index is 12.9. The third-order valence-corrected chi connectivity index (χ3v) is 5.30. The number of thiazole rings is 1. The van der Waals surface area contributed by atoms with Crippen molar-refractivity contribution in [3.63, 3.8) is 0 Å². The predicted molar refractivity (Wildman–Crippen MR) is 91.0 cm³/mol. The Morgan fingerprint density at radius 3 is 2.88 bits per heavy atom. The van der Waals surface area contributed by atoms with Gasteiger partial charge in [0.1, 0.15) is 18.2 Å². The highest BCUT2D eigenvalue weighted by molar-refractivity contribution is 7.07. The largest absolute Gasteiger partial charge is 0.444 e. The van der Waals surface area contributed by atoms with E-state index >= 15 is 0 Å². The van der Waals surface area contributed by atoms with Crippen LogP contribution in [0.2, 0.25) is 0 Å². The number of hydrogen-bond donors (Lipinski definition) is 2. The van der Waals surface area contributed by atoms with E-state index in [2.05, 4.69) is 15.6 Å². The van der Waals surface area contributed by atoms with Gasteiger partial charge in [-0.25, -0.2) is 9.78 Å². The number of cyclic esters (lactones) is 1. The topological polar surface area (TPSA) is 101 Å². The molecule has 4 atom stereocenters. The van der Waals surface area contributed by atoms with Crippen molar-refractivity contribution in [2.75, 3.05) is 6.54 Å². The first-order valence-corrected chi connectivity index (χ1v) is 9.35. The summed E-state index contributed by atoms with van der Waals surface area (Å²) in [5.74, 6) is -0.525. The molecule has 2 aliphatic rings. The normalized spacial score (nSPS) is 26.9. The average molecular weight is 366 g/mol. The second-order valence-electron chi connectivity index (χ2n) is 6.50. The molecule has 3 rings (SSSR count). The number of rotatable bonds is 5. The van der Waals surface area contributed by atoms with E-state index in [9.17, 15) is 14.4 Å². The zero-order valence-electron chi connectivity index (χ0n) is 14.2. The van der Waals surface area contributed by atoms with Crippen LogP contribution in [0.5, 0.6) is 0 Å². The third-order valence-electron chi connectivity index (χ3n) is 4.67. The lowest BCUT2D eigenvalue weighted by atomic mass is 10.1. The molecule has 2 aliphatic heterocycles. The summed E-state index contributed by atoms with van der Waals surface area (Å²) in [5, 5.41) is 7.12. The molecule has 2 N–H and O–H groups in total. The number of nitrogens with one attached hydrogen (secondary N) is 2. The van der Waals surface area contributed by atoms with E-state index in [4.69, 9.17) is 4.74 Å². The Morgan fingerprint density at radius 2 is 2.32 bits per heavy atom. The Labute approximate surface area is 149 Å². The minimum Gasteiger partial charge on any atom is -0.444 e. The van der Waals surface area contributed by atoms with E-state index in [-0.39, 0.29) is 11.9 Å². The summed E-state index contributed by atoms with van der Waals surface area (Å²) >= 11 is 1.45. The van der Waals surface area contributed by atoms with Gasteiger partial charge in [0.15, 0.2) is 0 Å². The van der Waals surface area contributed by atoms with Crippen LogP contribution in [-0.4, -0.2) is 58.6 Å². The molecule has 0 spiro atoms. The van der Waals surface area contributed by atoms with Gasteiger partial charge in [-0.3, -0.25) is 9.59 Å². The van der Waals surface area contributed by atoms with Crippen molar-refractivity contribution in [3.8, 4) is 0 Å². The summed E-state index contributed by atoms with van der Waals surface area (Å²) in [7, 11) is 0. The number of alkyl carbamates (subject to hydrolysis) is 1. The van der Waals surface area contributed by atoms with Gasteiger partial charge in [-0.2, -0.15) is 0 Å². The van der Waals surface area contributed by atoms with Crippen molar-refractivity contribution >= 4 is 29.2 Å². The molecule has 25 heavy (non-hydrogen) atoms. The van der Waals surface area contributed by atoms with Gasteiger partial charge >= 0.3 is 6.09 Å². The van der Waals surface area contributed by atoms with Crippen LogP contribution in [0.1, 0.15) is 32.4 Å². The minimum atomic E-state index is -0.797. The average Bonchev–Trinajstić information content (AvgIpc) is 3.28. The van der Waals surface area contributed by atoms with Crippen LogP contribution in [0, 0.1) is 0 Å². The van der Waals surface area contributed by atoms with Crippen molar-refractivity contribution in [2.24, 2.45) is 0 Å². The van der Waals surface area contributed by atoms with Gasteiger partial charge in [-0.1, -0.05) is 0 Å². The van der Waals surface area contributed by atoms with E-state index in [1.807, 2.05) is 17.2 Å². The summed E-state index contributed by atoms with van der Waals surface area (Å²) in [4.78, 5) is 42.8. The highest BCUT2D eigenvalue weighted by Gasteiger charge is 2.39. The molecule has 3 amide bonds. The first-order chi connectivity index (χ1) is 12.0. The van der Waals surface area contributed by atoms with Gasteiger partial charge in [0.25, 0.3) is 0 Å². The number of carbonyl (C=O) groups is 3. The summed E-state index contributed by atoms with van der Waals surface area (Å²) in [6, 6.07) is -1.34. The van der Waals surface area contributed by atoms with Gasteiger partial charge in [-0.15, -0.1) is 11.3 Å². The fraction of sp³-hybridized carbons (Fsp3) is 0.625. The lowest BCUT2D eigenvalue weighted by Crippen LogP contribution is -2.55. The number of nitrogens with zero attached hydrogens (tertiary/aromatic N) is 2. The molecule has 1 aromatic rings. The van der Waals surface area contributed by atoms with Crippen LogP contribution in [0.15, 0.2) is 10.9 Å². The SMILES string of the molecule is C[C@@H]1OC(=O)N[C@@H]1C(=O)N[C@@H](Cc1cscn1)C(=O)N1CCC[C@H]1C. The van der Waals surface area contributed by atoms with Crippen molar-refractivity contribution in [1.82, 2.24) is 20.5 Å². The first kappa shape index (κ1) is 17.7. The summed E-state index contributed by atoms with van der Waals surface area (Å²) in [6.45, 7) is 4.35. The molecule has 2 fully saturated rings. The van der Waals surface area contributed by atoms with E-state index in [0.29, 0.717) is 13.0 Å². The molecule has 0 radical (unpaired) electrons. The van der Waals surface area contributed by atoms with Crippen LogP contribution in [0.4, 0.5) is 4.79 Å². The number of carbonyl (C=O) groups excluding carboxylic acids is 3. The smallest absolute Gasteiger partial charge is 0.408 e. The van der Waals surface area contributed by atoms with Gasteiger partial charge in [0, 0.05) is 24.4 Å². The molecule has 136 valence electrons. The van der Waals surface area contributed by atoms with Crippen LogP contribution in [0.3, 0.4) is 0 Å². The standard InChI is InChI=1S/C16H22N4O4S/c1-9-4-3-5-20(9)15(22)12(6-11-7-25-8-17-11)18-14(21)13-10(2)24-16(23)19-13/h7-10,12-13H,3-6H2,1-2H3,(H,18,21)(H,19,23)/t9-,10+,12+,13+/m1/s1. The van der Waals surface area contributed by atoms with Crippen molar-refractivity contribution in [3.05, 3.63) is 16.6 Å². The fourth-order valence-electron chi connectivity index (χ4n) is 3.26. The second-order valence-corrected chi connectivity index (χ2v) is 7.22. The molecule has 0 unspecified atom stereocenters. The predicted octanol–water partition coefficient (Wildman–Crippen LogP) is 0.678. The number of likely N-dealkylation sites (tertiary alicyclic amines) is 1. The van der Waals surface area contributed by atoms with E-state index in [0.717, 1.165) is 18.5 Å². The Hall–Kier alpha value is -2.16. The number of amides is 3. The van der Waals surface area contributed by atoms with Gasteiger partial charge in [0.05, 0.1) is 11.2 Å². The summed E-state index contributed by atoms with van der Waals surface area (Å²) < 4.78 is 4.94. The number of hydrogen-bond acceptors (Lipinski definition) is 6. The number of aromatic nitrogens is 1. The molecular weight excluding hydrogens is 344 g/mol. The lowest BCUT2D eigenvalue weighted by molar-refractivity contribution is -0.137. The molecule has 0 aromatic carbocycles. The molecule has 0 aliphatic carbocycles. The molecule has 3 heterocycles. The second kappa shape index (κ2) is 7.38. The Bertz CT molecular complexity index is 651. The van der Waals surface area contributed by atoms with Crippen LogP contribution < -0.4 is 10.6 Å². The van der Waals surface area contributed by atoms with Crippen molar-refractivity contribution < 1.29 is 19.1 Å². The highest BCUT2D eigenvalue weighted by atomic mass is 32.1. The third kappa shape index (κ3) is 3.92. The minimum absolute atomic E-state index is 0.107. The molecular formula is C16H22N4O4S. The molecule has 9 heteroatoms. The van der Waals surface area contributed by atoms with Crippen LogP contribution in [-0.2, 0) is 20.7 Å². The van der Waals surface area contributed by atoms with Gasteiger partial charge < -0.3 is 20.3 Å². The molecule has 0 saturated carbocycles.